The van der Waals surface area contributed by atoms with E-state index >= 15 is 0 Å². The van der Waals surface area contributed by atoms with Crippen molar-refractivity contribution in [1.82, 2.24) is 20.9 Å². The second kappa shape index (κ2) is 19.6. The summed E-state index contributed by atoms with van der Waals surface area (Å²) in [6.07, 6.45) is 0.875. The van der Waals surface area contributed by atoms with Crippen LogP contribution in [0.5, 0.6) is 0 Å². The summed E-state index contributed by atoms with van der Waals surface area (Å²) in [6.45, 7) is 10.0. The molecule has 1 fully saturated rings. The highest BCUT2D eigenvalue weighted by atomic mass is 16.5. The van der Waals surface area contributed by atoms with Crippen molar-refractivity contribution in [3.05, 3.63) is 71.8 Å². The Hall–Kier alpha value is -4.78. The van der Waals surface area contributed by atoms with Crippen LogP contribution in [-0.2, 0) is 51.5 Å². The van der Waals surface area contributed by atoms with Gasteiger partial charge >= 0.3 is 11.9 Å². The fraction of sp³-hybridized carbons (Fsp3) is 0.526. The number of likely N-dealkylation sites (tertiary alicyclic amines) is 1. The molecular formula is C38H53N5O8. The first kappa shape index (κ1) is 40.6. The summed E-state index contributed by atoms with van der Waals surface area (Å²) in [6, 6.07) is 12.9. The Kier molecular flexibility index (Phi) is 15.6. The predicted molar refractivity (Wildman–Crippen MR) is 190 cm³/mol. The molecule has 0 radical (unpaired) electrons. The molecule has 1 saturated heterocycles. The number of amides is 4. The maximum Gasteiger partial charge on any atom is 0.328 e. The van der Waals surface area contributed by atoms with Crippen LogP contribution in [0.25, 0.3) is 0 Å². The molecule has 0 aliphatic carbocycles. The monoisotopic (exact) mass is 707 g/mol. The van der Waals surface area contributed by atoms with Crippen molar-refractivity contribution in [3.63, 3.8) is 0 Å². The van der Waals surface area contributed by atoms with Gasteiger partial charge in [0, 0.05) is 13.1 Å². The van der Waals surface area contributed by atoms with Crippen LogP contribution in [0.1, 0.15) is 77.8 Å². The highest BCUT2D eigenvalue weighted by molar-refractivity contribution is 5.97. The average molecular weight is 708 g/mol. The molecule has 5 N–H and O–H groups in total. The third-order valence-corrected chi connectivity index (χ3v) is 8.46. The average Bonchev–Trinajstić information content (AvgIpc) is 3.64. The van der Waals surface area contributed by atoms with Crippen molar-refractivity contribution < 1.29 is 38.2 Å². The summed E-state index contributed by atoms with van der Waals surface area (Å²) >= 11 is 0. The topological polar surface area (TPSA) is 186 Å². The molecule has 1 aliphatic rings. The van der Waals surface area contributed by atoms with Gasteiger partial charge in [-0.2, -0.15) is 0 Å². The summed E-state index contributed by atoms with van der Waals surface area (Å²) < 4.78 is 10.9. The minimum Gasteiger partial charge on any atom is -0.461 e. The van der Waals surface area contributed by atoms with E-state index in [1.807, 2.05) is 38.1 Å². The molecule has 3 rings (SSSR count). The highest BCUT2D eigenvalue weighted by Crippen LogP contribution is 2.18. The van der Waals surface area contributed by atoms with Gasteiger partial charge in [0.25, 0.3) is 0 Å². The standard InChI is InChI=1S/C38H53N5O8/c1-25(2)20-30(37(49)51-24-27-16-10-7-11-17-27)42-35(47)29(22-32(45)50-23-26-14-8-6-9-15-26)40-34(46)28(21-31(44)43-18-12-13-19-43)41-36(48)33(39)38(3,4)5/h6-11,14-17,25,28-30,33H,12-13,18-24,39H2,1-5H3,(H,40,46)(H,41,48)(H,42,47)/t28-,29-,30-,33+/m0/s1. The number of carbonyl (C=O) groups excluding carboxylic acids is 6. The number of carbonyl (C=O) groups is 6. The van der Waals surface area contributed by atoms with E-state index in [0.29, 0.717) is 18.7 Å². The van der Waals surface area contributed by atoms with Crippen LogP contribution in [0.15, 0.2) is 60.7 Å². The van der Waals surface area contributed by atoms with E-state index in [1.54, 1.807) is 62.1 Å². The molecule has 13 nitrogen and oxygen atoms in total. The molecule has 4 amide bonds. The number of nitrogens with two attached hydrogens (primary N) is 1. The molecular weight excluding hydrogens is 654 g/mol. The van der Waals surface area contributed by atoms with E-state index in [9.17, 15) is 28.8 Å². The van der Waals surface area contributed by atoms with E-state index in [2.05, 4.69) is 16.0 Å². The zero-order valence-corrected chi connectivity index (χ0v) is 30.3. The van der Waals surface area contributed by atoms with E-state index in [4.69, 9.17) is 15.2 Å². The van der Waals surface area contributed by atoms with Gasteiger partial charge in [0.05, 0.1) is 18.9 Å². The first-order valence-electron chi connectivity index (χ1n) is 17.5. The predicted octanol–water partition coefficient (Wildman–Crippen LogP) is 2.75. The summed E-state index contributed by atoms with van der Waals surface area (Å²) in [7, 11) is 0. The van der Waals surface area contributed by atoms with Gasteiger partial charge in [0.2, 0.25) is 23.6 Å². The lowest BCUT2D eigenvalue weighted by Crippen LogP contribution is -2.59. The molecule has 278 valence electrons. The van der Waals surface area contributed by atoms with Crippen LogP contribution < -0.4 is 21.7 Å². The van der Waals surface area contributed by atoms with Crippen LogP contribution >= 0.6 is 0 Å². The van der Waals surface area contributed by atoms with Gasteiger partial charge in [-0.3, -0.25) is 24.0 Å². The Labute approximate surface area is 300 Å². The fourth-order valence-electron chi connectivity index (χ4n) is 5.37. The van der Waals surface area contributed by atoms with Gasteiger partial charge in [-0.25, -0.2) is 4.79 Å². The van der Waals surface area contributed by atoms with Crippen molar-refractivity contribution in [2.24, 2.45) is 17.1 Å². The molecule has 51 heavy (non-hydrogen) atoms. The van der Waals surface area contributed by atoms with Crippen LogP contribution in [-0.4, -0.2) is 77.7 Å². The molecule has 1 heterocycles. The van der Waals surface area contributed by atoms with Crippen molar-refractivity contribution in [2.45, 2.75) is 104 Å². The van der Waals surface area contributed by atoms with E-state index in [-0.39, 0.29) is 37.9 Å². The number of esters is 2. The molecule has 0 aromatic heterocycles. The lowest BCUT2D eigenvalue weighted by molar-refractivity contribution is -0.150. The van der Waals surface area contributed by atoms with Crippen LogP contribution in [0.3, 0.4) is 0 Å². The number of ether oxygens (including phenoxy) is 2. The number of hydrogen-bond acceptors (Lipinski definition) is 9. The fourth-order valence-corrected chi connectivity index (χ4v) is 5.37. The van der Waals surface area contributed by atoms with E-state index < -0.39 is 65.7 Å². The molecule has 0 unspecified atom stereocenters. The quantitative estimate of drug-likeness (QED) is 0.180. The Morgan fingerprint density at radius 3 is 1.69 bits per heavy atom. The SMILES string of the molecule is CC(C)C[C@H](NC(=O)[C@H](CC(=O)OCc1ccccc1)NC(=O)[C@H](CC(=O)N1CCCC1)NC(=O)[C@@H](N)C(C)(C)C)C(=O)OCc1ccccc1. The third-order valence-electron chi connectivity index (χ3n) is 8.46. The molecule has 2 aromatic carbocycles. The minimum atomic E-state index is -1.53. The zero-order valence-electron chi connectivity index (χ0n) is 30.3. The normalized spacial score (nSPS) is 15.2. The van der Waals surface area contributed by atoms with Gasteiger partial charge < -0.3 is 36.1 Å². The molecule has 0 spiro atoms. The van der Waals surface area contributed by atoms with Crippen LogP contribution in [0.2, 0.25) is 0 Å². The van der Waals surface area contributed by atoms with Crippen LogP contribution in [0.4, 0.5) is 0 Å². The summed E-state index contributed by atoms with van der Waals surface area (Å²) in [4.78, 5) is 82.0. The summed E-state index contributed by atoms with van der Waals surface area (Å²) in [5, 5.41) is 7.80. The summed E-state index contributed by atoms with van der Waals surface area (Å²) in [5.41, 5.74) is 6.99. The second-order valence-corrected chi connectivity index (χ2v) is 14.4. The Bertz CT molecular complexity index is 1470. The molecule has 0 bridgehead atoms. The van der Waals surface area contributed by atoms with Gasteiger partial charge in [-0.15, -0.1) is 0 Å². The lowest BCUT2D eigenvalue weighted by atomic mass is 9.86. The molecule has 1 aliphatic heterocycles. The lowest BCUT2D eigenvalue weighted by Gasteiger charge is -2.29. The van der Waals surface area contributed by atoms with Crippen molar-refractivity contribution in [2.75, 3.05) is 13.1 Å². The number of rotatable bonds is 17. The van der Waals surface area contributed by atoms with Gasteiger partial charge in [-0.05, 0) is 41.7 Å². The Morgan fingerprint density at radius 1 is 0.706 bits per heavy atom. The molecule has 4 atom stereocenters. The van der Waals surface area contributed by atoms with Crippen LogP contribution in [0, 0.1) is 11.3 Å². The molecule has 2 aromatic rings. The van der Waals surface area contributed by atoms with Crippen molar-refractivity contribution >= 4 is 35.6 Å². The third kappa shape index (κ3) is 13.8. The highest BCUT2D eigenvalue weighted by Gasteiger charge is 2.36. The summed E-state index contributed by atoms with van der Waals surface area (Å²) in [5.74, 6) is -4.24. The van der Waals surface area contributed by atoms with E-state index in [1.165, 1.54) is 0 Å². The van der Waals surface area contributed by atoms with Crippen molar-refractivity contribution in [3.8, 4) is 0 Å². The Morgan fingerprint density at radius 2 is 1.18 bits per heavy atom. The first-order chi connectivity index (χ1) is 24.1. The second-order valence-electron chi connectivity index (χ2n) is 14.4. The minimum absolute atomic E-state index is 0.0146. The van der Waals surface area contributed by atoms with Gasteiger partial charge in [0.15, 0.2) is 0 Å². The van der Waals surface area contributed by atoms with Crippen molar-refractivity contribution in [1.29, 1.82) is 0 Å². The maximum atomic E-state index is 13.9. The number of nitrogens with zero attached hydrogens (tertiary/aromatic N) is 1. The Balaban J connectivity index is 1.84. The molecule has 13 heteroatoms. The number of benzene rings is 2. The smallest absolute Gasteiger partial charge is 0.328 e. The van der Waals surface area contributed by atoms with Gasteiger partial charge in [0.1, 0.15) is 31.3 Å². The van der Waals surface area contributed by atoms with Gasteiger partial charge in [-0.1, -0.05) is 95.3 Å². The maximum absolute atomic E-state index is 13.9. The molecule has 0 saturated carbocycles. The first-order valence-corrected chi connectivity index (χ1v) is 17.5. The zero-order chi connectivity index (χ0) is 37.6. The number of nitrogens with one attached hydrogen (secondary N) is 3. The largest absolute Gasteiger partial charge is 0.461 e. The van der Waals surface area contributed by atoms with E-state index in [0.717, 1.165) is 18.4 Å². The number of hydrogen-bond donors (Lipinski definition) is 4.